The molecular formula is C20H19N3O5. The molecular weight excluding hydrogens is 362 g/mol. The molecule has 3 N–H and O–H groups in total. The van der Waals surface area contributed by atoms with Gasteiger partial charge in [0.15, 0.2) is 11.4 Å². The molecule has 0 atom stereocenters. The number of benzene rings is 1. The number of nitrogens with one attached hydrogen (secondary N) is 1. The van der Waals surface area contributed by atoms with Crippen molar-refractivity contribution in [2.75, 3.05) is 6.54 Å². The first-order valence-electron chi connectivity index (χ1n) is 8.73. The van der Waals surface area contributed by atoms with E-state index in [-0.39, 0.29) is 30.0 Å². The predicted octanol–water partition coefficient (Wildman–Crippen LogP) is 1.55. The van der Waals surface area contributed by atoms with Crippen molar-refractivity contribution in [2.24, 2.45) is 0 Å². The lowest BCUT2D eigenvalue weighted by molar-refractivity contribution is -0.136. The van der Waals surface area contributed by atoms with Crippen molar-refractivity contribution in [3.05, 3.63) is 70.3 Å². The van der Waals surface area contributed by atoms with E-state index in [1.54, 1.807) is 0 Å². The lowest BCUT2D eigenvalue weighted by atomic mass is 10.1. The number of aromatic nitrogens is 2. The molecule has 28 heavy (non-hydrogen) atoms. The number of rotatable bonds is 7. The zero-order valence-corrected chi connectivity index (χ0v) is 15.0. The standard InChI is InChI=1S/C20H19N3O5/c24-16-7-6-14-15(23(16)11-9-13-4-2-1-3-5-13)12-22-18(19(14)27)20(28)21-10-8-17(25)26/h1-7,12,27H,8-11H2,(H,21,28)(H,25,26). The second kappa shape index (κ2) is 8.34. The van der Waals surface area contributed by atoms with Crippen LogP contribution in [0.15, 0.2) is 53.5 Å². The van der Waals surface area contributed by atoms with Crippen LogP contribution in [0.5, 0.6) is 5.75 Å². The van der Waals surface area contributed by atoms with E-state index in [0.29, 0.717) is 23.9 Å². The van der Waals surface area contributed by atoms with Gasteiger partial charge in [0.2, 0.25) is 0 Å². The molecule has 0 saturated heterocycles. The number of carboxylic acids is 1. The van der Waals surface area contributed by atoms with Gasteiger partial charge >= 0.3 is 5.97 Å². The van der Waals surface area contributed by atoms with Crippen LogP contribution in [0.2, 0.25) is 0 Å². The predicted molar refractivity (Wildman–Crippen MR) is 102 cm³/mol. The molecule has 0 spiro atoms. The van der Waals surface area contributed by atoms with Crippen molar-refractivity contribution in [3.63, 3.8) is 0 Å². The Morgan fingerprint density at radius 2 is 1.86 bits per heavy atom. The van der Waals surface area contributed by atoms with E-state index in [4.69, 9.17) is 5.11 Å². The molecule has 0 radical (unpaired) electrons. The fraction of sp³-hybridized carbons (Fsp3) is 0.200. The molecule has 1 aromatic carbocycles. The number of hydrogen-bond acceptors (Lipinski definition) is 5. The molecule has 2 aromatic heterocycles. The van der Waals surface area contributed by atoms with Gasteiger partial charge in [-0.2, -0.15) is 0 Å². The first-order chi connectivity index (χ1) is 13.5. The van der Waals surface area contributed by atoms with Crippen LogP contribution in [-0.2, 0) is 17.8 Å². The molecule has 144 valence electrons. The topological polar surface area (TPSA) is 122 Å². The van der Waals surface area contributed by atoms with Crippen LogP contribution in [0.1, 0.15) is 22.5 Å². The molecule has 8 heteroatoms. The lowest BCUT2D eigenvalue weighted by Gasteiger charge is -2.12. The van der Waals surface area contributed by atoms with Gasteiger partial charge in [0.05, 0.1) is 18.1 Å². The van der Waals surface area contributed by atoms with Gasteiger partial charge in [-0.25, -0.2) is 4.98 Å². The number of carboxylic acid groups (broad SMARTS) is 1. The minimum atomic E-state index is -1.04. The third-order valence-electron chi connectivity index (χ3n) is 4.33. The van der Waals surface area contributed by atoms with Gasteiger partial charge in [-0.15, -0.1) is 0 Å². The van der Waals surface area contributed by atoms with Crippen LogP contribution in [0.4, 0.5) is 0 Å². The van der Waals surface area contributed by atoms with E-state index < -0.39 is 11.9 Å². The van der Waals surface area contributed by atoms with Crippen LogP contribution >= 0.6 is 0 Å². The molecule has 3 rings (SSSR count). The quantitative estimate of drug-likeness (QED) is 0.571. The summed E-state index contributed by atoms with van der Waals surface area (Å²) in [7, 11) is 0. The number of carbonyl (C=O) groups excluding carboxylic acids is 1. The molecule has 0 aliphatic rings. The summed E-state index contributed by atoms with van der Waals surface area (Å²) in [6.45, 7) is 0.315. The number of aryl methyl sites for hydroxylation is 2. The van der Waals surface area contributed by atoms with Gasteiger partial charge in [0, 0.05) is 24.5 Å². The Morgan fingerprint density at radius 1 is 1.11 bits per heavy atom. The van der Waals surface area contributed by atoms with Crippen LogP contribution < -0.4 is 10.9 Å². The van der Waals surface area contributed by atoms with Gasteiger partial charge < -0.3 is 20.1 Å². The van der Waals surface area contributed by atoms with Crippen LogP contribution in [0.3, 0.4) is 0 Å². The average Bonchev–Trinajstić information content (AvgIpc) is 2.68. The maximum atomic E-state index is 12.3. The molecule has 0 fully saturated rings. The minimum Gasteiger partial charge on any atom is -0.505 e. The summed E-state index contributed by atoms with van der Waals surface area (Å²) in [6, 6.07) is 12.5. The highest BCUT2D eigenvalue weighted by molar-refractivity contribution is 6.00. The number of amides is 1. The summed E-state index contributed by atoms with van der Waals surface area (Å²) in [6.07, 6.45) is 1.75. The van der Waals surface area contributed by atoms with E-state index in [1.807, 2.05) is 30.3 Å². The highest BCUT2D eigenvalue weighted by Crippen LogP contribution is 2.26. The van der Waals surface area contributed by atoms with Gasteiger partial charge in [-0.3, -0.25) is 14.4 Å². The first-order valence-corrected chi connectivity index (χ1v) is 8.73. The smallest absolute Gasteiger partial charge is 0.305 e. The van der Waals surface area contributed by atoms with Gasteiger partial charge in [-0.05, 0) is 18.1 Å². The summed E-state index contributed by atoms with van der Waals surface area (Å²) in [5.41, 5.74) is 1.04. The van der Waals surface area contributed by atoms with E-state index >= 15 is 0 Å². The van der Waals surface area contributed by atoms with Gasteiger partial charge in [0.25, 0.3) is 11.5 Å². The Hall–Kier alpha value is -3.68. The fourth-order valence-electron chi connectivity index (χ4n) is 2.90. The summed E-state index contributed by atoms with van der Waals surface area (Å²) in [5.74, 6) is -2.07. The van der Waals surface area contributed by atoms with Crippen molar-refractivity contribution in [1.82, 2.24) is 14.9 Å². The second-order valence-electron chi connectivity index (χ2n) is 6.21. The molecule has 3 aromatic rings. The first kappa shape index (κ1) is 19.1. The lowest BCUT2D eigenvalue weighted by Crippen LogP contribution is -2.27. The SMILES string of the molecule is O=C(O)CCNC(=O)c1ncc2c(ccc(=O)n2CCc2ccccc2)c1O. The van der Waals surface area contributed by atoms with Crippen LogP contribution in [0, 0.1) is 0 Å². The largest absolute Gasteiger partial charge is 0.505 e. The van der Waals surface area contributed by atoms with Crippen molar-refractivity contribution in [1.29, 1.82) is 0 Å². The average molecular weight is 381 g/mol. The molecule has 0 aliphatic carbocycles. The van der Waals surface area contributed by atoms with E-state index in [0.717, 1.165) is 5.56 Å². The number of aromatic hydroxyl groups is 1. The molecule has 1 amide bonds. The van der Waals surface area contributed by atoms with Gasteiger partial charge in [-0.1, -0.05) is 30.3 Å². The Bertz CT molecular complexity index is 1080. The van der Waals surface area contributed by atoms with Crippen LogP contribution in [0.25, 0.3) is 10.9 Å². The normalized spacial score (nSPS) is 10.7. The van der Waals surface area contributed by atoms with Crippen molar-refractivity contribution < 1.29 is 19.8 Å². The molecule has 0 bridgehead atoms. The van der Waals surface area contributed by atoms with Crippen molar-refractivity contribution >= 4 is 22.8 Å². The maximum absolute atomic E-state index is 12.3. The number of hydrogen-bond donors (Lipinski definition) is 3. The third kappa shape index (κ3) is 4.17. The van der Waals surface area contributed by atoms with Crippen LogP contribution in [-0.4, -0.2) is 38.2 Å². The summed E-state index contributed by atoms with van der Waals surface area (Å²) < 4.78 is 1.50. The second-order valence-corrected chi connectivity index (χ2v) is 6.21. The highest BCUT2D eigenvalue weighted by atomic mass is 16.4. The Labute approximate surface area is 160 Å². The molecule has 0 saturated carbocycles. The van der Waals surface area contributed by atoms with E-state index in [2.05, 4.69) is 10.3 Å². The Kier molecular flexibility index (Phi) is 5.69. The molecule has 8 nitrogen and oxygen atoms in total. The maximum Gasteiger partial charge on any atom is 0.305 e. The zero-order valence-electron chi connectivity index (χ0n) is 15.0. The molecule has 2 heterocycles. The number of pyridine rings is 2. The monoisotopic (exact) mass is 381 g/mol. The minimum absolute atomic E-state index is 0.0795. The zero-order chi connectivity index (χ0) is 20.1. The third-order valence-corrected chi connectivity index (χ3v) is 4.33. The molecule has 0 aliphatic heterocycles. The van der Waals surface area contributed by atoms with E-state index in [9.17, 15) is 19.5 Å². The summed E-state index contributed by atoms with van der Waals surface area (Å²) in [4.78, 5) is 39.0. The Balaban J connectivity index is 1.89. The summed E-state index contributed by atoms with van der Waals surface area (Å²) >= 11 is 0. The fourth-order valence-corrected chi connectivity index (χ4v) is 2.90. The number of carbonyl (C=O) groups is 2. The number of nitrogens with zero attached hydrogens (tertiary/aromatic N) is 2. The van der Waals surface area contributed by atoms with Gasteiger partial charge in [0.1, 0.15) is 0 Å². The van der Waals surface area contributed by atoms with E-state index in [1.165, 1.54) is 22.9 Å². The summed E-state index contributed by atoms with van der Waals surface area (Å²) in [5, 5.41) is 21.8. The number of fused-ring (bicyclic) bond motifs is 1. The van der Waals surface area contributed by atoms with Crippen molar-refractivity contribution in [2.45, 2.75) is 19.4 Å². The van der Waals surface area contributed by atoms with Crippen molar-refractivity contribution in [3.8, 4) is 5.75 Å². The highest BCUT2D eigenvalue weighted by Gasteiger charge is 2.17. The molecule has 0 unspecified atom stereocenters. The number of aliphatic carboxylic acids is 1. The Morgan fingerprint density at radius 3 is 2.57 bits per heavy atom.